The van der Waals surface area contributed by atoms with Crippen LogP contribution in [0.25, 0.3) is 0 Å². The fourth-order valence-electron chi connectivity index (χ4n) is 2.92. The minimum Gasteiger partial charge on any atom is -0.491 e. The molecule has 154 valence electrons. The molecule has 0 aliphatic carbocycles. The Morgan fingerprint density at radius 2 is 1.79 bits per heavy atom. The summed E-state index contributed by atoms with van der Waals surface area (Å²) in [6, 6.07) is 6.77. The number of carbonyl (C=O) groups excluding carboxylic acids is 3. The zero-order valence-electron chi connectivity index (χ0n) is 16.7. The molecule has 2 N–H and O–H groups in total. The summed E-state index contributed by atoms with van der Waals surface area (Å²) in [5.74, 6) is 0.129. The van der Waals surface area contributed by atoms with Gasteiger partial charge in [0.25, 0.3) is 5.91 Å². The first-order valence-electron chi connectivity index (χ1n) is 9.65. The fourth-order valence-corrected chi connectivity index (χ4v) is 2.92. The van der Waals surface area contributed by atoms with Crippen LogP contribution in [0.1, 0.15) is 44.0 Å². The third-order valence-electron chi connectivity index (χ3n) is 4.28. The standard InChI is InChI=1S/C20H29N3O5/c1-4-27-20(26)23-11-9-16(10-12-23)22-18(24)13-21-19(25)15-5-7-17(8-6-15)28-14(2)3/h5-8,14,16H,4,9-13H2,1-3H3,(H,21,25)(H,22,24). The second kappa shape index (κ2) is 10.5. The predicted octanol–water partition coefficient (Wildman–Crippen LogP) is 1.94. The van der Waals surface area contributed by atoms with Gasteiger partial charge < -0.3 is 25.0 Å². The van der Waals surface area contributed by atoms with E-state index in [9.17, 15) is 14.4 Å². The summed E-state index contributed by atoms with van der Waals surface area (Å²) >= 11 is 0. The normalized spacial score (nSPS) is 14.5. The van der Waals surface area contributed by atoms with Crippen LogP contribution in [-0.4, -0.2) is 61.2 Å². The molecular weight excluding hydrogens is 362 g/mol. The van der Waals surface area contributed by atoms with Crippen LogP contribution in [0.5, 0.6) is 5.75 Å². The maximum atomic E-state index is 12.2. The van der Waals surface area contributed by atoms with Crippen LogP contribution in [0, 0.1) is 0 Å². The number of nitrogens with zero attached hydrogens (tertiary/aromatic N) is 1. The van der Waals surface area contributed by atoms with E-state index in [2.05, 4.69) is 10.6 Å². The van der Waals surface area contributed by atoms with Crippen LogP contribution in [0.15, 0.2) is 24.3 Å². The highest BCUT2D eigenvalue weighted by Crippen LogP contribution is 2.14. The summed E-state index contributed by atoms with van der Waals surface area (Å²) in [7, 11) is 0. The third-order valence-corrected chi connectivity index (χ3v) is 4.28. The molecule has 0 atom stereocenters. The van der Waals surface area contributed by atoms with Gasteiger partial charge in [0.2, 0.25) is 5.91 Å². The highest BCUT2D eigenvalue weighted by Gasteiger charge is 2.24. The Bertz CT molecular complexity index is 667. The molecule has 0 aromatic heterocycles. The molecule has 8 heteroatoms. The van der Waals surface area contributed by atoms with Crippen molar-refractivity contribution in [1.29, 1.82) is 0 Å². The van der Waals surface area contributed by atoms with E-state index in [4.69, 9.17) is 9.47 Å². The minimum atomic E-state index is -0.316. The molecular formula is C20H29N3O5. The van der Waals surface area contributed by atoms with E-state index in [0.717, 1.165) is 0 Å². The number of hydrogen-bond acceptors (Lipinski definition) is 5. The quantitative estimate of drug-likeness (QED) is 0.740. The van der Waals surface area contributed by atoms with Gasteiger partial charge in [-0.1, -0.05) is 0 Å². The van der Waals surface area contributed by atoms with Crippen LogP contribution in [0.3, 0.4) is 0 Å². The van der Waals surface area contributed by atoms with Crippen molar-refractivity contribution in [2.45, 2.75) is 45.8 Å². The molecule has 28 heavy (non-hydrogen) atoms. The number of benzene rings is 1. The SMILES string of the molecule is CCOC(=O)N1CCC(NC(=O)CNC(=O)c2ccc(OC(C)C)cc2)CC1. The summed E-state index contributed by atoms with van der Waals surface area (Å²) in [6.45, 7) is 6.97. The lowest BCUT2D eigenvalue weighted by Crippen LogP contribution is -2.48. The van der Waals surface area contributed by atoms with Crippen LogP contribution < -0.4 is 15.4 Å². The highest BCUT2D eigenvalue weighted by molar-refractivity contribution is 5.96. The van der Waals surface area contributed by atoms with E-state index < -0.39 is 0 Å². The summed E-state index contributed by atoms with van der Waals surface area (Å²) in [5.41, 5.74) is 0.464. The molecule has 3 amide bonds. The van der Waals surface area contributed by atoms with Gasteiger partial charge in [-0.3, -0.25) is 9.59 Å². The molecule has 1 fully saturated rings. The number of amides is 3. The molecule has 2 rings (SSSR count). The van der Waals surface area contributed by atoms with Gasteiger partial charge in [-0.25, -0.2) is 4.79 Å². The van der Waals surface area contributed by atoms with E-state index in [-0.39, 0.29) is 36.6 Å². The molecule has 0 bridgehead atoms. The van der Waals surface area contributed by atoms with Crippen LogP contribution >= 0.6 is 0 Å². The second-order valence-electron chi connectivity index (χ2n) is 6.90. The largest absolute Gasteiger partial charge is 0.491 e. The smallest absolute Gasteiger partial charge is 0.409 e. The predicted molar refractivity (Wildman–Crippen MR) is 104 cm³/mol. The van der Waals surface area contributed by atoms with Crippen LogP contribution in [-0.2, 0) is 9.53 Å². The second-order valence-corrected chi connectivity index (χ2v) is 6.90. The number of hydrogen-bond donors (Lipinski definition) is 2. The van der Waals surface area contributed by atoms with Crippen molar-refractivity contribution in [3.8, 4) is 5.75 Å². The zero-order chi connectivity index (χ0) is 20.5. The number of carbonyl (C=O) groups is 3. The van der Waals surface area contributed by atoms with Gasteiger partial charge >= 0.3 is 6.09 Å². The van der Waals surface area contributed by atoms with E-state index in [0.29, 0.717) is 43.9 Å². The molecule has 8 nitrogen and oxygen atoms in total. The first-order chi connectivity index (χ1) is 13.4. The van der Waals surface area contributed by atoms with Crippen LogP contribution in [0.2, 0.25) is 0 Å². The van der Waals surface area contributed by atoms with E-state index in [1.165, 1.54) is 0 Å². The van der Waals surface area contributed by atoms with Crippen molar-refractivity contribution < 1.29 is 23.9 Å². The molecule has 1 aromatic rings. The van der Waals surface area contributed by atoms with Gasteiger partial charge in [-0.2, -0.15) is 0 Å². The minimum absolute atomic E-state index is 0.0115. The lowest BCUT2D eigenvalue weighted by Gasteiger charge is -2.31. The lowest BCUT2D eigenvalue weighted by atomic mass is 10.1. The maximum absolute atomic E-state index is 12.2. The molecule has 0 radical (unpaired) electrons. The number of piperidine rings is 1. The first-order valence-corrected chi connectivity index (χ1v) is 9.65. The number of nitrogens with one attached hydrogen (secondary N) is 2. The number of rotatable bonds is 7. The maximum Gasteiger partial charge on any atom is 0.409 e. The first kappa shape index (κ1) is 21.5. The summed E-state index contributed by atoms with van der Waals surface area (Å²) in [6.07, 6.45) is 1.07. The summed E-state index contributed by atoms with van der Waals surface area (Å²) < 4.78 is 10.5. The Kier molecular flexibility index (Phi) is 8.10. The Hall–Kier alpha value is -2.77. The Morgan fingerprint density at radius 3 is 2.36 bits per heavy atom. The van der Waals surface area contributed by atoms with Crippen molar-refractivity contribution in [2.75, 3.05) is 26.2 Å². The van der Waals surface area contributed by atoms with E-state index in [1.807, 2.05) is 13.8 Å². The van der Waals surface area contributed by atoms with E-state index >= 15 is 0 Å². The van der Waals surface area contributed by atoms with Crippen LogP contribution in [0.4, 0.5) is 4.79 Å². The van der Waals surface area contributed by atoms with Gasteiger partial charge in [0.05, 0.1) is 19.3 Å². The number of likely N-dealkylation sites (tertiary alicyclic amines) is 1. The molecule has 0 saturated carbocycles. The lowest BCUT2D eigenvalue weighted by molar-refractivity contribution is -0.121. The average molecular weight is 391 g/mol. The molecule has 1 heterocycles. The number of ether oxygens (including phenoxy) is 2. The molecule has 1 aromatic carbocycles. The molecule has 0 spiro atoms. The Labute approximate surface area is 165 Å². The van der Waals surface area contributed by atoms with Gasteiger partial charge in [0, 0.05) is 24.7 Å². The zero-order valence-corrected chi connectivity index (χ0v) is 16.7. The van der Waals surface area contributed by atoms with Gasteiger partial charge in [0.15, 0.2) is 0 Å². The highest BCUT2D eigenvalue weighted by atomic mass is 16.6. The van der Waals surface area contributed by atoms with Gasteiger partial charge in [-0.15, -0.1) is 0 Å². The third kappa shape index (κ3) is 6.75. The topological polar surface area (TPSA) is 97.0 Å². The van der Waals surface area contributed by atoms with Gasteiger partial charge in [0.1, 0.15) is 5.75 Å². The average Bonchev–Trinajstić information content (AvgIpc) is 2.67. The summed E-state index contributed by atoms with van der Waals surface area (Å²) in [4.78, 5) is 37.6. The van der Waals surface area contributed by atoms with Crippen molar-refractivity contribution >= 4 is 17.9 Å². The van der Waals surface area contributed by atoms with Crippen molar-refractivity contribution in [1.82, 2.24) is 15.5 Å². The monoisotopic (exact) mass is 391 g/mol. The Morgan fingerprint density at radius 1 is 1.14 bits per heavy atom. The van der Waals surface area contributed by atoms with Crippen molar-refractivity contribution in [2.24, 2.45) is 0 Å². The fraction of sp³-hybridized carbons (Fsp3) is 0.550. The molecule has 0 unspecified atom stereocenters. The molecule has 1 saturated heterocycles. The van der Waals surface area contributed by atoms with Crippen molar-refractivity contribution in [3.05, 3.63) is 29.8 Å². The van der Waals surface area contributed by atoms with Gasteiger partial charge in [-0.05, 0) is 57.9 Å². The Balaban J connectivity index is 1.71. The summed E-state index contributed by atoms with van der Waals surface area (Å²) in [5, 5.41) is 5.51. The van der Waals surface area contributed by atoms with Crippen molar-refractivity contribution in [3.63, 3.8) is 0 Å². The molecule has 1 aliphatic heterocycles. The van der Waals surface area contributed by atoms with E-state index in [1.54, 1.807) is 36.1 Å². The molecule has 1 aliphatic rings.